The number of nitrogens with zero attached hydrogens (tertiary/aromatic N) is 1. The Morgan fingerprint density at radius 2 is 2.00 bits per heavy atom. The average Bonchev–Trinajstić information content (AvgIpc) is 2.37. The monoisotopic (exact) mass is 275 g/mol. The van der Waals surface area contributed by atoms with Crippen molar-refractivity contribution in [3.05, 3.63) is 24.3 Å². The maximum absolute atomic E-state index is 9.04. The lowest BCUT2D eigenvalue weighted by molar-refractivity contribution is -0.0644. The van der Waals surface area contributed by atoms with Crippen LogP contribution in [0.1, 0.15) is 33.1 Å². The van der Waals surface area contributed by atoms with Crippen LogP contribution < -0.4 is 9.47 Å². The number of nitriles is 1. The van der Waals surface area contributed by atoms with E-state index < -0.39 is 5.60 Å². The summed E-state index contributed by atoms with van der Waals surface area (Å²) in [7, 11) is 0. The Balaban J connectivity index is 1.75. The molecule has 4 nitrogen and oxygen atoms in total. The van der Waals surface area contributed by atoms with Crippen LogP contribution in [0, 0.1) is 11.3 Å². The van der Waals surface area contributed by atoms with E-state index in [1.165, 1.54) is 0 Å². The topological polar surface area (TPSA) is 51.5 Å². The first kappa shape index (κ1) is 14.7. The highest BCUT2D eigenvalue weighted by Gasteiger charge is 2.38. The maximum Gasteiger partial charge on any atom is 0.154 e. The zero-order valence-electron chi connectivity index (χ0n) is 12.1. The van der Waals surface area contributed by atoms with Crippen molar-refractivity contribution in [2.45, 2.75) is 44.8 Å². The molecule has 1 aromatic carbocycles. The Bertz CT molecular complexity index is 475. The van der Waals surface area contributed by atoms with Gasteiger partial charge in [0.25, 0.3) is 0 Å². The van der Waals surface area contributed by atoms with Gasteiger partial charge < -0.3 is 14.2 Å². The molecule has 0 saturated heterocycles. The van der Waals surface area contributed by atoms with Gasteiger partial charge in [-0.3, -0.25) is 0 Å². The Morgan fingerprint density at radius 1 is 1.25 bits per heavy atom. The first-order valence-electron chi connectivity index (χ1n) is 7.08. The molecule has 2 rings (SSSR count). The highest BCUT2D eigenvalue weighted by Crippen LogP contribution is 2.34. The van der Waals surface area contributed by atoms with Crippen molar-refractivity contribution in [2.75, 3.05) is 13.2 Å². The van der Waals surface area contributed by atoms with Gasteiger partial charge in [0.1, 0.15) is 18.1 Å². The van der Waals surface area contributed by atoms with E-state index in [9.17, 15) is 0 Å². The second kappa shape index (κ2) is 6.62. The predicted octanol–water partition coefficient (Wildman–Crippen LogP) is 3.32. The third kappa shape index (κ3) is 3.88. The molecule has 1 fully saturated rings. The molecule has 1 aliphatic carbocycles. The predicted molar refractivity (Wildman–Crippen MR) is 75.8 cm³/mol. The third-order valence-electron chi connectivity index (χ3n) is 3.27. The minimum absolute atomic E-state index is 0.141. The second-order valence-electron chi connectivity index (χ2n) is 5.30. The van der Waals surface area contributed by atoms with Crippen molar-refractivity contribution in [3.63, 3.8) is 0 Å². The lowest BCUT2D eigenvalue weighted by Gasteiger charge is -2.34. The van der Waals surface area contributed by atoms with E-state index in [2.05, 4.69) is 6.07 Å². The molecule has 0 unspecified atom stereocenters. The van der Waals surface area contributed by atoms with E-state index >= 15 is 0 Å². The average molecular weight is 275 g/mol. The van der Waals surface area contributed by atoms with Crippen LogP contribution in [0.15, 0.2) is 24.3 Å². The first-order chi connectivity index (χ1) is 9.63. The second-order valence-corrected chi connectivity index (χ2v) is 5.30. The SMILES string of the molecule is CC(C)Oc1cccc(OCCOC2(C#N)CCC2)c1. The van der Waals surface area contributed by atoms with Crippen LogP contribution in [-0.2, 0) is 4.74 Å². The minimum atomic E-state index is -0.550. The minimum Gasteiger partial charge on any atom is -0.491 e. The van der Waals surface area contributed by atoms with Gasteiger partial charge in [-0.2, -0.15) is 5.26 Å². The standard InChI is InChI=1S/C16H21NO3/c1-13(2)20-15-6-3-5-14(11-15)18-9-10-19-16(12-17)7-4-8-16/h3,5-6,11,13H,4,7-10H2,1-2H3. The smallest absolute Gasteiger partial charge is 0.154 e. The van der Waals surface area contributed by atoms with Crippen LogP contribution >= 0.6 is 0 Å². The molecule has 0 heterocycles. The van der Waals surface area contributed by atoms with Crippen LogP contribution in [0.5, 0.6) is 11.5 Å². The molecular weight excluding hydrogens is 254 g/mol. The number of ether oxygens (including phenoxy) is 3. The highest BCUT2D eigenvalue weighted by molar-refractivity contribution is 5.33. The molecule has 4 heteroatoms. The van der Waals surface area contributed by atoms with Crippen molar-refractivity contribution in [3.8, 4) is 17.6 Å². The summed E-state index contributed by atoms with van der Waals surface area (Å²) >= 11 is 0. The molecular formula is C16H21NO3. The van der Waals surface area contributed by atoms with Gasteiger partial charge in [0, 0.05) is 6.07 Å². The van der Waals surface area contributed by atoms with Crippen molar-refractivity contribution in [1.82, 2.24) is 0 Å². The van der Waals surface area contributed by atoms with E-state index in [-0.39, 0.29) is 6.10 Å². The van der Waals surface area contributed by atoms with Gasteiger partial charge in [0.05, 0.1) is 18.8 Å². The normalized spacial score (nSPS) is 16.3. The van der Waals surface area contributed by atoms with Crippen molar-refractivity contribution in [2.24, 2.45) is 0 Å². The number of benzene rings is 1. The molecule has 20 heavy (non-hydrogen) atoms. The number of hydrogen-bond acceptors (Lipinski definition) is 4. The van der Waals surface area contributed by atoms with Crippen LogP contribution in [0.4, 0.5) is 0 Å². The summed E-state index contributed by atoms with van der Waals surface area (Å²) in [5.41, 5.74) is -0.550. The molecule has 0 spiro atoms. The fourth-order valence-corrected chi connectivity index (χ4v) is 2.09. The molecule has 1 aromatic rings. The molecule has 1 aliphatic rings. The van der Waals surface area contributed by atoms with E-state index in [1.54, 1.807) is 0 Å². The zero-order valence-corrected chi connectivity index (χ0v) is 12.1. The highest BCUT2D eigenvalue weighted by atomic mass is 16.5. The number of rotatable bonds is 7. The van der Waals surface area contributed by atoms with Crippen LogP contribution in [0.3, 0.4) is 0 Å². The zero-order chi connectivity index (χ0) is 14.4. The fourth-order valence-electron chi connectivity index (χ4n) is 2.09. The fraction of sp³-hybridized carbons (Fsp3) is 0.562. The molecule has 0 amide bonds. The van der Waals surface area contributed by atoms with Gasteiger partial charge in [0.15, 0.2) is 5.60 Å². The van der Waals surface area contributed by atoms with E-state index in [1.807, 2.05) is 38.1 Å². The summed E-state index contributed by atoms with van der Waals surface area (Å²) in [6.07, 6.45) is 2.88. The molecule has 108 valence electrons. The van der Waals surface area contributed by atoms with Gasteiger partial charge in [-0.15, -0.1) is 0 Å². The van der Waals surface area contributed by atoms with Crippen molar-refractivity contribution in [1.29, 1.82) is 5.26 Å². The Kier molecular flexibility index (Phi) is 4.86. The largest absolute Gasteiger partial charge is 0.491 e. The molecule has 0 atom stereocenters. The van der Waals surface area contributed by atoms with Gasteiger partial charge in [-0.1, -0.05) is 6.07 Å². The summed E-state index contributed by atoms with van der Waals surface area (Å²) in [5.74, 6) is 1.55. The summed E-state index contributed by atoms with van der Waals surface area (Å²) in [6, 6.07) is 9.80. The maximum atomic E-state index is 9.04. The Labute approximate surface area is 120 Å². The molecule has 0 N–H and O–H groups in total. The Morgan fingerprint density at radius 3 is 2.60 bits per heavy atom. The van der Waals surface area contributed by atoms with E-state index in [0.717, 1.165) is 30.8 Å². The number of hydrogen-bond donors (Lipinski definition) is 0. The van der Waals surface area contributed by atoms with Gasteiger partial charge in [-0.05, 0) is 45.2 Å². The molecule has 0 aliphatic heterocycles. The van der Waals surface area contributed by atoms with Crippen molar-refractivity contribution >= 4 is 0 Å². The lowest BCUT2D eigenvalue weighted by Crippen LogP contribution is -2.39. The van der Waals surface area contributed by atoms with E-state index in [4.69, 9.17) is 19.5 Å². The van der Waals surface area contributed by atoms with Crippen LogP contribution in [-0.4, -0.2) is 24.9 Å². The Hall–Kier alpha value is -1.73. The summed E-state index contributed by atoms with van der Waals surface area (Å²) in [5, 5.41) is 9.04. The molecule has 0 radical (unpaired) electrons. The quantitative estimate of drug-likeness (QED) is 0.716. The summed E-state index contributed by atoms with van der Waals surface area (Å²) in [6.45, 7) is 4.85. The van der Waals surface area contributed by atoms with Crippen LogP contribution in [0.25, 0.3) is 0 Å². The molecule has 0 aromatic heterocycles. The van der Waals surface area contributed by atoms with Gasteiger partial charge in [-0.25, -0.2) is 0 Å². The third-order valence-corrected chi connectivity index (χ3v) is 3.27. The summed E-state index contributed by atoms with van der Waals surface area (Å²) in [4.78, 5) is 0. The van der Waals surface area contributed by atoms with Gasteiger partial charge >= 0.3 is 0 Å². The first-order valence-corrected chi connectivity index (χ1v) is 7.08. The molecule has 1 saturated carbocycles. The summed E-state index contributed by atoms with van der Waals surface area (Å²) < 4.78 is 16.8. The lowest BCUT2D eigenvalue weighted by atomic mass is 9.81. The van der Waals surface area contributed by atoms with Gasteiger partial charge in [0.2, 0.25) is 0 Å². The van der Waals surface area contributed by atoms with Crippen LogP contribution in [0.2, 0.25) is 0 Å². The molecule has 0 bridgehead atoms. The van der Waals surface area contributed by atoms with E-state index in [0.29, 0.717) is 13.2 Å². The van der Waals surface area contributed by atoms with Crippen molar-refractivity contribution < 1.29 is 14.2 Å².